The zero-order valence-electron chi connectivity index (χ0n) is 25.0. The Morgan fingerprint density at radius 1 is 0.977 bits per heavy atom. The van der Waals surface area contributed by atoms with Crippen molar-refractivity contribution in [3.8, 4) is 40.0 Å². The molecule has 2 N–H and O–H groups in total. The minimum Gasteiger partial charge on any atom is -0.507 e. The molecule has 1 aliphatic rings. The van der Waals surface area contributed by atoms with Crippen molar-refractivity contribution in [2.45, 2.75) is 39.7 Å². The minimum atomic E-state index is -0.518. The van der Waals surface area contributed by atoms with Crippen LogP contribution in [0.15, 0.2) is 48.5 Å². The number of carbonyl (C=O) groups excluding carboxylic acids is 1. The van der Waals surface area contributed by atoms with Crippen molar-refractivity contribution >= 4 is 17.5 Å². The average molecular weight is 606 g/mol. The van der Waals surface area contributed by atoms with E-state index < -0.39 is 6.04 Å². The van der Waals surface area contributed by atoms with Gasteiger partial charge in [-0.1, -0.05) is 30.7 Å². The van der Waals surface area contributed by atoms with Crippen LogP contribution in [0.5, 0.6) is 28.7 Å². The molecule has 1 aromatic heterocycles. The quantitative estimate of drug-likeness (QED) is 0.184. The van der Waals surface area contributed by atoms with Crippen LogP contribution in [0.25, 0.3) is 11.3 Å². The van der Waals surface area contributed by atoms with Gasteiger partial charge in [0.2, 0.25) is 0 Å². The molecule has 3 aromatic carbocycles. The first kappa shape index (κ1) is 30.1. The van der Waals surface area contributed by atoms with Crippen molar-refractivity contribution in [2.75, 3.05) is 34.0 Å². The number of phenolic OH excluding ortho intramolecular Hbond substituents is 1. The van der Waals surface area contributed by atoms with Crippen LogP contribution < -0.4 is 18.9 Å². The number of hydrogen-bond donors (Lipinski definition) is 2. The first-order valence-electron chi connectivity index (χ1n) is 14.3. The van der Waals surface area contributed by atoms with E-state index in [-0.39, 0.29) is 11.7 Å². The highest BCUT2D eigenvalue weighted by Crippen LogP contribution is 2.47. The number of aromatic amines is 1. The molecule has 1 aliphatic heterocycles. The monoisotopic (exact) mass is 605 g/mol. The van der Waals surface area contributed by atoms with Crippen LogP contribution >= 0.6 is 11.6 Å². The number of nitrogens with zero attached hydrogens (tertiary/aromatic N) is 2. The predicted octanol–water partition coefficient (Wildman–Crippen LogP) is 6.74. The van der Waals surface area contributed by atoms with Gasteiger partial charge in [0.1, 0.15) is 17.1 Å². The van der Waals surface area contributed by atoms with E-state index >= 15 is 0 Å². The number of aromatic nitrogens is 2. The van der Waals surface area contributed by atoms with E-state index in [0.717, 1.165) is 23.1 Å². The van der Waals surface area contributed by atoms with Gasteiger partial charge in [0.05, 0.1) is 33.5 Å². The van der Waals surface area contributed by atoms with Gasteiger partial charge in [0, 0.05) is 22.7 Å². The average Bonchev–Trinajstić information content (AvgIpc) is 3.55. The number of carbonyl (C=O) groups is 1. The molecule has 226 valence electrons. The Morgan fingerprint density at radius 3 is 2.47 bits per heavy atom. The van der Waals surface area contributed by atoms with Crippen LogP contribution in [0.4, 0.5) is 0 Å². The third kappa shape index (κ3) is 5.82. The SMILES string of the molecule is CCCOc1ccc(C2c3c(-c4cc(Cl)c(C)cc4O)n[nH]c3C(=O)N2CCc2ccc(OC)c(OC)c2)cc1OCC. The number of phenols is 1. The number of halogens is 1. The number of benzene rings is 3. The Kier molecular flexibility index (Phi) is 9.01. The number of fused-ring (bicyclic) bond motifs is 1. The predicted molar refractivity (Wildman–Crippen MR) is 165 cm³/mol. The molecule has 1 unspecified atom stereocenters. The minimum absolute atomic E-state index is 0.0319. The van der Waals surface area contributed by atoms with Crippen molar-refractivity contribution in [3.63, 3.8) is 0 Å². The summed E-state index contributed by atoms with van der Waals surface area (Å²) in [5, 5.41) is 18.9. The summed E-state index contributed by atoms with van der Waals surface area (Å²) in [5.41, 5.74) is 4.49. The molecule has 1 atom stereocenters. The summed E-state index contributed by atoms with van der Waals surface area (Å²) < 4.78 is 22.8. The molecule has 0 bridgehead atoms. The zero-order valence-corrected chi connectivity index (χ0v) is 25.7. The molecule has 2 heterocycles. The number of rotatable bonds is 12. The third-order valence-corrected chi connectivity index (χ3v) is 7.94. The number of hydrogen-bond acceptors (Lipinski definition) is 7. The third-order valence-electron chi connectivity index (χ3n) is 7.53. The molecule has 4 aromatic rings. The number of nitrogens with one attached hydrogen (secondary N) is 1. The molecule has 0 saturated heterocycles. The molecule has 43 heavy (non-hydrogen) atoms. The standard InChI is InChI=1S/C33H36ClN3O6/c1-6-14-43-26-11-9-21(17-28(26)42-7-2)32-29-30(22-18-23(34)19(3)15-24(22)38)35-36-31(29)33(39)37(32)13-12-20-8-10-25(40-4)27(16-20)41-5/h8-11,15-18,32,38H,6-7,12-14H2,1-5H3,(H,35,36). The normalized spacial score (nSPS) is 14.1. The summed E-state index contributed by atoms with van der Waals surface area (Å²) in [6.07, 6.45) is 1.42. The molecule has 1 amide bonds. The Balaban J connectivity index is 1.60. The number of aromatic hydroxyl groups is 1. The molecular weight excluding hydrogens is 570 g/mol. The van der Waals surface area contributed by atoms with Gasteiger partial charge in [0.15, 0.2) is 23.0 Å². The van der Waals surface area contributed by atoms with Gasteiger partial charge in [-0.2, -0.15) is 5.10 Å². The van der Waals surface area contributed by atoms with E-state index in [2.05, 4.69) is 10.2 Å². The van der Waals surface area contributed by atoms with Crippen molar-refractivity contribution < 1.29 is 28.8 Å². The fourth-order valence-corrected chi connectivity index (χ4v) is 5.58. The summed E-state index contributed by atoms with van der Waals surface area (Å²) in [7, 11) is 3.19. The van der Waals surface area contributed by atoms with E-state index in [9.17, 15) is 9.90 Å². The maximum atomic E-state index is 14.0. The van der Waals surface area contributed by atoms with Crippen LogP contribution in [0.2, 0.25) is 5.02 Å². The van der Waals surface area contributed by atoms with Crippen molar-refractivity contribution in [2.24, 2.45) is 0 Å². The lowest BCUT2D eigenvalue weighted by Gasteiger charge is -2.27. The second-order valence-corrected chi connectivity index (χ2v) is 10.7. The van der Waals surface area contributed by atoms with Crippen LogP contribution in [-0.4, -0.2) is 60.1 Å². The van der Waals surface area contributed by atoms with Gasteiger partial charge in [-0.25, -0.2) is 0 Å². The molecule has 0 radical (unpaired) electrons. The summed E-state index contributed by atoms with van der Waals surface area (Å²) >= 11 is 6.47. The van der Waals surface area contributed by atoms with E-state index in [0.29, 0.717) is 76.7 Å². The van der Waals surface area contributed by atoms with Crippen LogP contribution in [-0.2, 0) is 6.42 Å². The molecule has 0 fully saturated rings. The summed E-state index contributed by atoms with van der Waals surface area (Å²) in [4.78, 5) is 15.8. The molecule has 0 aliphatic carbocycles. The molecule has 9 nitrogen and oxygen atoms in total. The molecule has 5 rings (SSSR count). The van der Waals surface area contributed by atoms with E-state index in [1.807, 2.05) is 62.1 Å². The van der Waals surface area contributed by atoms with E-state index in [1.165, 1.54) is 0 Å². The van der Waals surface area contributed by atoms with Gasteiger partial charge in [-0.3, -0.25) is 9.89 Å². The first-order valence-corrected chi connectivity index (χ1v) is 14.7. The van der Waals surface area contributed by atoms with Gasteiger partial charge in [0.25, 0.3) is 5.91 Å². The largest absolute Gasteiger partial charge is 0.507 e. The molecular formula is C33H36ClN3O6. The lowest BCUT2D eigenvalue weighted by molar-refractivity contribution is 0.0745. The van der Waals surface area contributed by atoms with E-state index in [1.54, 1.807) is 26.4 Å². The van der Waals surface area contributed by atoms with E-state index in [4.69, 9.17) is 30.5 Å². The number of amides is 1. The van der Waals surface area contributed by atoms with Crippen molar-refractivity contribution in [1.82, 2.24) is 15.1 Å². The molecule has 0 spiro atoms. The first-order chi connectivity index (χ1) is 20.8. The fourth-order valence-electron chi connectivity index (χ4n) is 5.42. The Labute approximate surface area is 256 Å². The van der Waals surface area contributed by atoms with Gasteiger partial charge in [-0.05, 0) is 79.8 Å². The Morgan fingerprint density at radius 2 is 1.74 bits per heavy atom. The van der Waals surface area contributed by atoms with Gasteiger partial charge in [-0.15, -0.1) is 0 Å². The number of ether oxygens (including phenoxy) is 4. The van der Waals surface area contributed by atoms with Crippen LogP contribution in [0.1, 0.15) is 59.1 Å². The highest BCUT2D eigenvalue weighted by atomic mass is 35.5. The number of aryl methyl sites for hydroxylation is 1. The second kappa shape index (κ2) is 12.9. The lowest BCUT2D eigenvalue weighted by atomic mass is 9.94. The van der Waals surface area contributed by atoms with Crippen molar-refractivity contribution in [3.05, 3.63) is 81.5 Å². The maximum Gasteiger partial charge on any atom is 0.273 e. The van der Waals surface area contributed by atoms with Crippen molar-refractivity contribution in [1.29, 1.82) is 0 Å². The maximum absolute atomic E-state index is 14.0. The van der Waals surface area contributed by atoms with Gasteiger partial charge < -0.3 is 29.0 Å². The molecule has 0 saturated carbocycles. The highest BCUT2D eigenvalue weighted by molar-refractivity contribution is 6.31. The van der Waals surface area contributed by atoms with Crippen LogP contribution in [0, 0.1) is 6.92 Å². The summed E-state index contributed by atoms with van der Waals surface area (Å²) in [5.74, 6) is 2.34. The molecule has 10 heteroatoms. The fraction of sp³-hybridized carbons (Fsp3) is 0.333. The van der Waals surface area contributed by atoms with Crippen LogP contribution in [0.3, 0.4) is 0 Å². The Bertz CT molecular complexity index is 1640. The smallest absolute Gasteiger partial charge is 0.273 e. The summed E-state index contributed by atoms with van der Waals surface area (Å²) in [6, 6.07) is 14.3. The number of H-pyrrole nitrogens is 1. The highest BCUT2D eigenvalue weighted by Gasteiger charge is 2.42. The second-order valence-electron chi connectivity index (χ2n) is 10.3. The zero-order chi connectivity index (χ0) is 30.7. The Hall–Kier alpha value is -4.37. The summed E-state index contributed by atoms with van der Waals surface area (Å²) in [6.45, 7) is 7.20. The van der Waals surface area contributed by atoms with Gasteiger partial charge >= 0.3 is 0 Å². The number of methoxy groups -OCH3 is 2. The lowest BCUT2D eigenvalue weighted by Crippen LogP contribution is -2.31. The topological polar surface area (TPSA) is 106 Å².